The Balaban J connectivity index is 1.72. The molecule has 4 atom stereocenters. The number of ether oxygens (including phenoxy) is 1. The summed E-state index contributed by atoms with van der Waals surface area (Å²) in [5.41, 5.74) is 0. The number of hydrogen-bond donors (Lipinski definition) is 4. The highest BCUT2D eigenvalue weighted by Crippen LogP contribution is 2.29. The van der Waals surface area contributed by atoms with Gasteiger partial charge in [0.15, 0.2) is 0 Å². The number of carbonyl (C=O) groups is 2. The second kappa shape index (κ2) is 8.05. The van der Waals surface area contributed by atoms with Crippen LogP contribution in [0.15, 0.2) is 0 Å². The fraction of sp³-hybridized carbons (Fsp3) is 0.867. The first-order chi connectivity index (χ1) is 10.9. The average molecular weight is 329 g/mol. The maximum Gasteiger partial charge on any atom is 0.223 e. The van der Waals surface area contributed by atoms with Crippen LogP contribution in [-0.4, -0.2) is 85.1 Å². The van der Waals surface area contributed by atoms with Crippen LogP contribution in [-0.2, 0) is 14.3 Å². The van der Waals surface area contributed by atoms with Gasteiger partial charge in [0.25, 0.3) is 0 Å². The largest absolute Gasteiger partial charge is 0.388 e. The summed E-state index contributed by atoms with van der Waals surface area (Å²) in [5, 5.41) is 25.5. The minimum Gasteiger partial charge on any atom is -0.388 e. The van der Waals surface area contributed by atoms with Crippen LogP contribution in [0.1, 0.15) is 19.3 Å². The van der Waals surface area contributed by atoms with Crippen molar-refractivity contribution in [2.75, 3.05) is 33.7 Å². The van der Waals surface area contributed by atoms with E-state index in [1.807, 2.05) is 19.0 Å². The third-order valence-electron chi connectivity index (χ3n) is 4.15. The van der Waals surface area contributed by atoms with Crippen molar-refractivity contribution in [1.29, 1.82) is 0 Å². The summed E-state index contributed by atoms with van der Waals surface area (Å²) in [5.74, 6) is -0.192. The van der Waals surface area contributed by atoms with E-state index in [1.165, 1.54) is 0 Å². The SMILES string of the molecule is CN(C)CCNC(=O)CC1OC(CNC(=O)C2CC2)C(O)C1O. The van der Waals surface area contributed by atoms with Crippen molar-refractivity contribution in [3.63, 3.8) is 0 Å². The van der Waals surface area contributed by atoms with Gasteiger partial charge in [0.2, 0.25) is 11.8 Å². The second-order valence-corrected chi connectivity index (χ2v) is 6.57. The Morgan fingerprint density at radius 3 is 2.39 bits per heavy atom. The molecule has 8 heteroatoms. The maximum atomic E-state index is 11.8. The minimum absolute atomic E-state index is 0.0152. The Labute approximate surface area is 136 Å². The Morgan fingerprint density at radius 1 is 1.13 bits per heavy atom. The van der Waals surface area contributed by atoms with E-state index in [0.29, 0.717) is 6.54 Å². The summed E-state index contributed by atoms with van der Waals surface area (Å²) < 4.78 is 5.55. The van der Waals surface area contributed by atoms with Crippen molar-refractivity contribution in [3.05, 3.63) is 0 Å². The van der Waals surface area contributed by atoms with E-state index in [4.69, 9.17) is 4.74 Å². The highest BCUT2D eigenvalue weighted by atomic mass is 16.5. The van der Waals surface area contributed by atoms with Gasteiger partial charge >= 0.3 is 0 Å². The molecular weight excluding hydrogens is 302 g/mol. The van der Waals surface area contributed by atoms with Crippen molar-refractivity contribution in [3.8, 4) is 0 Å². The molecule has 4 N–H and O–H groups in total. The van der Waals surface area contributed by atoms with Gasteiger partial charge < -0.3 is 30.5 Å². The highest BCUT2D eigenvalue weighted by molar-refractivity contribution is 5.80. The van der Waals surface area contributed by atoms with E-state index in [9.17, 15) is 19.8 Å². The van der Waals surface area contributed by atoms with Gasteiger partial charge in [-0.05, 0) is 26.9 Å². The van der Waals surface area contributed by atoms with Gasteiger partial charge in [-0.15, -0.1) is 0 Å². The molecule has 1 saturated carbocycles. The van der Waals surface area contributed by atoms with Gasteiger partial charge in [0, 0.05) is 25.6 Å². The molecule has 0 radical (unpaired) electrons. The summed E-state index contributed by atoms with van der Waals surface area (Å²) in [6.45, 7) is 1.38. The molecule has 2 rings (SSSR count). The van der Waals surface area contributed by atoms with Crippen LogP contribution in [0, 0.1) is 5.92 Å². The fourth-order valence-corrected chi connectivity index (χ4v) is 2.53. The molecule has 1 saturated heterocycles. The van der Waals surface area contributed by atoms with Gasteiger partial charge in [-0.25, -0.2) is 0 Å². The molecular formula is C15H27N3O5. The zero-order chi connectivity index (χ0) is 17.0. The molecule has 0 aromatic heterocycles. The summed E-state index contributed by atoms with van der Waals surface area (Å²) in [6, 6.07) is 0. The summed E-state index contributed by atoms with van der Waals surface area (Å²) >= 11 is 0. The van der Waals surface area contributed by atoms with Crippen LogP contribution in [0.5, 0.6) is 0 Å². The quantitative estimate of drug-likeness (QED) is 0.413. The van der Waals surface area contributed by atoms with Gasteiger partial charge in [-0.1, -0.05) is 0 Å². The molecule has 23 heavy (non-hydrogen) atoms. The molecule has 0 aromatic carbocycles. The topological polar surface area (TPSA) is 111 Å². The summed E-state index contributed by atoms with van der Waals surface area (Å²) in [6.07, 6.45) is -1.89. The van der Waals surface area contributed by atoms with E-state index in [1.54, 1.807) is 0 Å². The molecule has 4 unspecified atom stereocenters. The third-order valence-corrected chi connectivity index (χ3v) is 4.15. The Hall–Kier alpha value is -1.22. The molecule has 0 spiro atoms. The second-order valence-electron chi connectivity index (χ2n) is 6.57. The number of nitrogens with one attached hydrogen (secondary N) is 2. The van der Waals surface area contributed by atoms with Crippen molar-refractivity contribution in [1.82, 2.24) is 15.5 Å². The zero-order valence-electron chi connectivity index (χ0n) is 13.7. The Morgan fingerprint density at radius 2 is 1.78 bits per heavy atom. The minimum atomic E-state index is -1.13. The maximum absolute atomic E-state index is 11.8. The van der Waals surface area contributed by atoms with Crippen molar-refractivity contribution >= 4 is 11.8 Å². The lowest BCUT2D eigenvalue weighted by atomic mass is 10.1. The fourth-order valence-electron chi connectivity index (χ4n) is 2.53. The van der Waals surface area contributed by atoms with Crippen LogP contribution in [0.2, 0.25) is 0 Å². The molecule has 132 valence electrons. The summed E-state index contributed by atoms with van der Waals surface area (Å²) in [4.78, 5) is 25.4. The molecule has 2 amide bonds. The molecule has 0 aromatic rings. The van der Waals surface area contributed by atoms with E-state index in [0.717, 1.165) is 19.4 Å². The first kappa shape index (κ1) is 18.1. The van der Waals surface area contributed by atoms with Crippen LogP contribution in [0.25, 0.3) is 0 Å². The molecule has 2 aliphatic rings. The van der Waals surface area contributed by atoms with E-state index >= 15 is 0 Å². The van der Waals surface area contributed by atoms with Gasteiger partial charge in [0.05, 0.1) is 12.5 Å². The number of hydrogen-bond acceptors (Lipinski definition) is 6. The first-order valence-electron chi connectivity index (χ1n) is 8.09. The lowest BCUT2D eigenvalue weighted by molar-refractivity contribution is -0.126. The van der Waals surface area contributed by atoms with Gasteiger partial charge in [-0.3, -0.25) is 9.59 Å². The Bertz CT molecular complexity index is 427. The van der Waals surface area contributed by atoms with Crippen molar-refractivity contribution in [2.24, 2.45) is 5.92 Å². The molecule has 8 nitrogen and oxygen atoms in total. The standard InChI is InChI=1S/C15H27N3O5/c1-18(2)6-5-16-12(19)7-10-13(20)14(21)11(23-10)8-17-15(22)9-3-4-9/h9-11,13-14,20-21H,3-8H2,1-2H3,(H,16,19)(H,17,22). The number of aliphatic hydroxyl groups excluding tert-OH is 2. The smallest absolute Gasteiger partial charge is 0.223 e. The van der Waals surface area contributed by atoms with E-state index < -0.39 is 24.4 Å². The third kappa shape index (κ3) is 5.42. The van der Waals surface area contributed by atoms with Crippen molar-refractivity contribution < 1.29 is 24.5 Å². The molecule has 0 bridgehead atoms. The Kier molecular flexibility index (Phi) is 6.34. The number of aliphatic hydroxyl groups is 2. The van der Waals surface area contributed by atoms with Gasteiger partial charge in [0.1, 0.15) is 18.3 Å². The molecule has 1 heterocycles. The number of rotatable bonds is 8. The molecule has 1 aliphatic heterocycles. The highest BCUT2D eigenvalue weighted by Gasteiger charge is 2.43. The summed E-state index contributed by atoms with van der Waals surface area (Å²) in [7, 11) is 3.82. The lowest BCUT2D eigenvalue weighted by Gasteiger charge is -2.15. The first-order valence-corrected chi connectivity index (χ1v) is 8.09. The normalized spacial score (nSPS) is 30.5. The predicted octanol–water partition coefficient (Wildman–Crippen LogP) is -1.93. The number of nitrogens with zero attached hydrogens (tertiary/aromatic N) is 1. The van der Waals surface area contributed by atoms with Crippen LogP contribution < -0.4 is 10.6 Å². The zero-order valence-corrected chi connectivity index (χ0v) is 13.7. The predicted molar refractivity (Wildman–Crippen MR) is 82.6 cm³/mol. The number of carbonyl (C=O) groups excluding carboxylic acids is 2. The van der Waals surface area contributed by atoms with Crippen LogP contribution in [0.4, 0.5) is 0 Å². The number of amides is 2. The van der Waals surface area contributed by atoms with Crippen LogP contribution >= 0.6 is 0 Å². The van der Waals surface area contributed by atoms with E-state index in [2.05, 4.69) is 10.6 Å². The monoisotopic (exact) mass is 329 g/mol. The molecule has 2 fully saturated rings. The van der Waals surface area contributed by atoms with Crippen molar-refractivity contribution in [2.45, 2.75) is 43.7 Å². The molecule has 1 aliphatic carbocycles. The number of likely N-dealkylation sites (N-methyl/N-ethyl adjacent to an activating group) is 1. The average Bonchev–Trinajstić information content (AvgIpc) is 3.29. The lowest BCUT2D eigenvalue weighted by Crippen LogP contribution is -2.40. The van der Waals surface area contributed by atoms with E-state index in [-0.39, 0.29) is 30.7 Å². The van der Waals surface area contributed by atoms with Crippen LogP contribution in [0.3, 0.4) is 0 Å². The van der Waals surface area contributed by atoms with Gasteiger partial charge in [-0.2, -0.15) is 0 Å².